The first-order chi connectivity index (χ1) is 9.31. The van der Waals surface area contributed by atoms with Crippen molar-refractivity contribution < 1.29 is 13.2 Å². The number of hydrogen-bond donors (Lipinski definition) is 0. The third-order valence-electron chi connectivity index (χ3n) is 3.34. The van der Waals surface area contributed by atoms with E-state index in [1.54, 1.807) is 50.2 Å². The molecule has 2 atom stereocenters. The van der Waals surface area contributed by atoms with Crippen molar-refractivity contribution in [2.24, 2.45) is 10.3 Å². The minimum Gasteiger partial charge on any atom is -0.368 e. The molecule has 1 aliphatic carbocycles. The van der Waals surface area contributed by atoms with Crippen molar-refractivity contribution in [3.05, 3.63) is 29.8 Å². The maximum absolute atomic E-state index is 11.9. The van der Waals surface area contributed by atoms with Crippen LogP contribution in [0.25, 0.3) is 0 Å². The first-order valence-corrected chi connectivity index (χ1v) is 7.82. The molecule has 1 aromatic carbocycles. The largest absolute Gasteiger partial charge is 0.368 e. The van der Waals surface area contributed by atoms with Gasteiger partial charge in [0.1, 0.15) is 12.1 Å². The Morgan fingerprint density at radius 3 is 2.35 bits per heavy atom. The van der Waals surface area contributed by atoms with Crippen molar-refractivity contribution in [2.75, 3.05) is 14.1 Å². The minimum atomic E-state index is -3.65. The Morgan fingerprint density at radius 2 is 1.90 bits per heavy atom. The van der Waals surface area contributed by atoms with Crippen molar-refractivity contribution in [2.45, 2.75) is 24.2 Å². The standard InChI is InChI=1S/C14H18N2O3S/c1-10(17)13-8-14(13)11-4-6-12(7-5-11)20(18,19)15-9-16(2)3/h4-7,9,13-14H,8H2,1-3H3. The van der Waals surface area contributed by atoms with Crippen molar-refractivity contribution in [1.29, 1.82) is 0 Å². The predicted octanol–water partition coefficient (Wildman–Crippen LogP) is 1.66. The molecule has 20 heavy (non-hydrogen) atoms. The lowest BCUT2D eigenvalue weighted by Gasteiger charge is -2.04. The molecule has 1 aliphatic rings. The Labute approximate surface area is 119 Å². The normalized spacial score (nSPS) is 21.9. The van der Waals surface area contributed by atoms with Gasteiger partial charge in [0, 0.05) is 20.0 Å². The Morgan fingerprint density at radius 1 is 1.30 bits per heavy atom. The van der Waals surface area contributed by atoms with Crippen molar-refractivity contribution in [1.82, 2.24) is 4.90 Å². The zero-order chi connectivity index (χ0) is 14.9. The van der Waals surface area contributed by atoms with Crippen LogP contribution in [0.4, 0.5) is 0 Å². The fourth-order valence-electron chi connectivity index (χ4n) is 2.12. The van der Waals surface area contributed by atoms with Gasteiger partial charge in [-0.3, -0.25) is 4.79 Å². The van der Waals surface area contributed by atoms with Crippen LogP contribution in [0.1, 0.15) is 24.8 Å². The highest BCUT2D eigenvalue weighted by Gasteiger charge is 2.41. The lowest BCUT2D eigenvalue weighted by molar-refractivity contribution is -0.118. The molecule has 0 heterocycles. The van der Waals surface area contributed by atoms with Crippen LogP contribution in [-0.4, -0.2) is 39.5 Å². The van der Waals surface area contributed by atoms with Gasteiger partial charge in [0.15, 0.2) is 0 Å². The van der Waals surface area contributed by atoms with E-state index in [1.165, 1.54) is 6.34 Å². The van der Waals surface area contributed by atoms with Crippen LogP contribution in [0.3, 0.4) is 0 Å². The number of Topliss-reactive ketones (excluding diaryl/α,β-unsaturated/α-hetero) is 1. The van der Waals surface area contributed by atoms with Gasteiger partial charge in [-0.1, -0.05) is 12.1 Å². The van der Waals surface area contributed by atoms with Crippen molar-refractivity contribution in [3.63, 3.8) is 0 Å². The molecule has 1 saturated carbocycles. The zero-order valence-corrected chi connectivity index (χ0v) is 12.6. The molecule has 0 bridgehead atoms. The summed E-state index contributed by atoms with van der Waals surface area (Å²) < 4.78 is 27.4. The summed E-state index contributed by atoms with van der Waals surface area (Å²) in [6, 6.07) is 6.64. The van der Waals surface area contributed by atoms with Gasteiger partial charge < -0.3 is 4.90 Å². The summed E-state index contributed by atoms with van der Waals surface area (Å²) in [4.78, 5) is 13.0. The highest BCUT2D eigenvalue weighted by atomic mass is 32.2. The summed E-state index contributed by atoms with van der Waals surface area (Å²) in [5.41, 5.74) is 1.01. The van der Waals surface area contributed by atoms with Crippen molar-refractivity contribution in [3.8, 4) is 0 Å². The van der Waals surface area contributed by atoms with Gasteiger partial charge in [-0.2, -0.15) is 8.42 Å². The number of carbonyl (C=O) groups is 1. The molecule has 0 aromatic heterocycles. The number of sulfonamides is 1. The molecule has 1 aromatic rings. The summed E-state index contributed by atoms with van der Waals surface area (Å²) in [6.07, 6.45) is 2.12. The number of ketones is 1. The third kappa shape index (κ3) is 3.25. The number of rotatable bonds is 5. The van der Waals surface area contributed by atoms with E-state index in [0.717, 1.165) is 12.0 Å². The third-order valence-corrected chi connectivity index (χ3v) is 4.58. The number of hydrogen-bond acceptors (Lipinski definition) is 3. The lowest BCUT2D eigenvalue weighted by atomic mass is 10.1. The molecule has 2 unspecified atom stereocenters. The molecular weight excluding hydrogens is 276 g/mol. The molecule has 0 saturated heterocycles. The molecule has 108 valence electrons. The second-order valence-electron chi connectivity index (χ2n) is 5.29. The van der Waals surface area contributed by atoms with Crippen LogP contribution >= 0.6 is 0 Å². The van der Waals surface area contributed by atoms with Crippen LogP contribution in [-0.2, 0) is 14.8 Å². The molecule has 0 aliphatic heterocycles. The summed E-state index contributed by atoms with van der Waals surface area (Å²) in [7, 11) is -0.235. The Kier molecular flexibility index (Phi) is 3.94. The van der Waals surface area contributed by atoms with E-state index in [2.05, 4.69) is 4.40 Å². The summed E-state index contributed by atoms with van der Waals surface area (Å²) in [5, 5.41) is 0. The average molecular weight is 294 g/mol. The quantitative estimate of drug-likeness (QED) is 0.612. The summed E-state index contributed by atoms with van der Waals surface area (Å²) >= 11 is 0. The smallest absolute Gasteiger partial charge is 0.283 e. The van der Waals surface area contributed by atoms with E-state index < -0.39 is 10.0 Å². The van der Waals surface area contributed by atoms with Gasteiger partial charge in [-0.25, -0.2) is 0 Å². The predicted molar refractivity (Wildman–Crippen MR) is 77.3 cm³/mol. The first kappa shape index (κ1) is 14.7. The molecule has 5 nitrogen and oxygen atoms in total. The summed E-state index contributed by atoms with van der Waals surface area (Å²) in [5.74, 6) is 0.543. The fraction of sp³-hybridized carbons (Fsp3) is 0.429. The van der Waals surface area contributed by atoms with E-state index >= 15 is 0 Å². The first-order valence-electron chi connectivity index (χ1n) is 6.38. The Bertz CT molecular complexity index is 633. The van der Waals surface area contributed by atoms with Gasteiger partial charge in [0.2, 0.25) is 0 Å². The van der Waals surface area contributed by atoms with Gasteiger partial charge in [0.25, 0.3) is 10.0 Å². The second-order valence-corrected chi connectivity index (χ2v) is 6.92. The van der Waals surface area contributed by atoms with E-state index in [-0.39, 0.29) is 22.5 Å². The SMILES string of the molecule is CC(=O)C1CC1c1ccc(S(=O)(=O)N=CN(C)C)cc1. The molecule has 0 N–H and O–H groups in total. The molecule has 6 heteroatoms. The van der Waals surface area contributed by atoms with Gasteiger partial charge >= 0.3 is 0 Å². The number of nitrogens with zero attached hydrogens (tertiary/aromatic N) is 2. The lowest BCUT2D eigenvalue weighted by Crippen LogP contribution is -2.10. The molecule has 1 fully saturated rings. The number of benzene rings is 1. The highest BCUT2D eigenvalue weighted by Crippen LogP contribution is 2.47. The van der Waals surface area contributed by atoms with Crippen LogP contribution in [0.5, 0.6) is 0 Å². The summed E-state index contributed by atoms with van der Waals surface area (Å²) in [6.45, 7) is 1.60. The highest BCUT2D eigenvalue weighted by molar-refractivity contribution is 7.90. The molecule has 0 radical (unpaired) electrons. The van der Waals surface area contributed by atoms with Gasteiger partial charge in [-0.05, 0) is 37.0 Å². The van der Waals surface area contributed by atoms with Crippen LogP contribution in [0.15, 0.2) is 33.6 Å². The monoisotopic (exact) mass is 294 g/mol. The molecule has 0 spiro atoms. The van der Waals surface area contributed by atoms with E-state index in [9.17, 15) is 13.2 Å². The average Bonchev–Trinajstić information content (AvgIpc) is 3.17. The van der Waals surface area contributed by atoms with Crippen LogP contribution < -0.4 is 0 Å². The van der Waals surface area contributed by atoms with Gasteiger partial charge in [0.05, 0.1) is 4.90 Å². The Balaban J connectivity index is 2.15. The zero-order valence-electron chi connectivity index (χ0n) is 11.8. The maximum Gasteiger partial charge on any atom is 0.283 e. The molecule has 2 rings (SSSR count). The minimum absolute atomic E-state index is 0.101. The molecular formula is C14H18N2O3S. The van der Waals surface area contributed by atoms with Crippen molar-refractivity contribution >= 4 is 22.1 Å². The number of carbonyl (C=O) groups excluding carboxylic acids is 1. The maximum atomic E-state index is 11.9. The molecule has 0 amide bonds. The van der Waals surface area contributed by atoms with Crippen LogP contribution in [0.2, 0.25) is 0 Å². The van der Waals surface area contributed by atoms with E-state index in [0.29, 0.717) is 0 Å². The topological polar surface area (TPSA) is 66.8 Å². The fourth-order valence-corrected chi connectivity index (χ4v) is 3.03. The van der Waals surface area contributed by atoms with Gasteiger partial charge in [-0.15, -0.1) is 4.40 Å². The van der Waals surface area contributed by atoms with E-state index in [4.69, 9.17) is 0 Å². The second kappa shape index (κ2) is 5.36. The van der Waals surface area contributed by atoms with Crippen LogP contribution in [0, 0.1) is 5.92 Å². The van der Waals surface area contributed by atoms with E-state index in [1.807, 2.05) is 0 Å². The Hall–Kier alpha value is -1.69.